The highest BCUT2D eigenvalue weighted by Gasteiger charge is 2.13. The van der Waals surface area contributed by atoms with Crippen molar-refractivity contribution in [3.63, 3.8) is 0 Å². The average molecular weight is 267 g/mol. The van der Waals surface area contributed by atoms with Gasteiger partial charge in [0, 0.05) is 11.9 Å². The SMILES string of the molecule is CCOc1ncccc1C(=O)Nc1ccc(C#N)cc1. The van der Waals surface area contributed by atoms with Crippen LogP contribution in [0, 0.1) is 11.3 Å². The van der Waals surface area contributed by atoms with Crippen molar-refractivity contribution < 1.29 is 9.53 Å². The van der Waals surface area contributed by atoms with Gasteiger partial charge in [-0.25, -0.2) is 4.98 Å². The van der Waals surface area contributed by atoms with Crippen LogP contribution < -0.4 is 10.1 Å². The maximum atomic E-state index is 12.2. The van der Waals surface area contributed by atoms with E-state index in [1.54, 1.807) is 42.6 Å². The van der Waals surface area contributed by atoms with Crippen molar-refractivity contribution in [2.45, 2.75) is 6.92 Å². The van der Waals surface area contributed by atoms with Gasteiger partial charge in [0.15, 0.2) is 0 Å². The number of benzene rings is 1. The second kappa shape index (κ2) is 6.34. The van der Waals surface area contributed by atoms with Gasteiger partial charge < -0.3 is 10.1 Å². The fraction of sp³-hybridized carbons (Fsp3) is 0.133. The van der Waals surface area contributed by atoms with Gasteiger partial charge in [-0.05, 0) is 43.3 Å². The lowest BCUT2D eigenvalue weighted by Crippen LogP contribution is -2.14. The molecule has 1 aromatic heterocycles. The van der Waals surface area contributed by atoms with Gasteiger partial charge in [0.05, 0.1) is 18.2 Å². The predicted octanol–water partition coefficient (Wildman–Crippen LogP) is 2.60. The number of nitriles is 1. The van der Waals surface area contributed by atoms with Crippen LogP contribution in [-0.4, -0.2) is 17.5 Å². The monoisotopic (exact) mass is 267 g/mol. The third-order valence-corrected chi connectivity index (χ3v) is 2.57. The first-order valence-corrected chi connectivity index (χ1v) is 6.14. The quantitative estimate of drug-likeness (QED) is 0.923. The van der Waals surface area contributed by atoms with Gasteiger partial charge in [0.25, 0.3) is 5.91 Å². The molecule has 5 heteroatoms. The molecule has 2 aromatic rings. The first-order valence-electron chi connectivity index (χ1n) is 6.14. The average Bonchev–Trinajstić information content (AvgIpc) is 2.49. The summed E-state index contributed by atoms with van der Waals surface area (Å²) in [6.07, 6.45) is 1.57. The summed E-state index contributed by atoms with van der Waals surface area (Å²) in [7, 11) is 0. The van der Waals surface area contributed by atoms with Crippen molar-refractivity contribution in [2.24, 2.45) is 0 Å². The molecule has 0 aliphatic carbocycles. The lowest BCUT2D eigenvalue weighted by Gasteiger charge is -2.09. The van der Waals surface area contributed by atoms with Crippen LogP contribution in [0.5, 0.6) is 5.88 Å². The van der Waals surface area contributed by atoms with E-state index in [9.17, 15) is 4.79 Å². The van der Waals surface area contributed by atoms with Gasteiger partial charge in [0.1, 0.15) is 5.56 Å². The third-order valence-electron chi connectivity index (χ3n) is 2.57. The number of anilines is 1. The molecule has 0 aliphatic rings. The van der Waals surface area contributed by atoms with E-state index in [0.29, 0.717) is 29.3 Å². The van der Waals surface area contributed by atoms with Crippen LogP contribution in [0.1, 0.15) is 22.8 Å². The molecule has 0 aliphatic heterocycles. The zero-order valence-corrected chi connectivity index (χ0v) is 11.0. The lowest BCUT2D eigenvalue weighted by molar-refractivity contribution is 0.102. The Labute approximate surface area is 116 Å². The van der Waals surface area contributed by atoms with Gasteiger partial charge in [-0.1, -0.05) is 0 Å². The molecule has 5 nitrogen and oxygen atoms in total. The summed E-state index contributed by atoms with van der Waals surface area (Å²) in [5.74, 6) is 0.00685. The molecule has 0 bridgehead atoms. The minimum atomic E-state index is -0.300. The summed E-state index contributed by atoms with van der Waals surface area (Å²) in [4.78, 5) is 16.2. The highest BCUT2D eigenvalue weighted by molar-refractivity contribution is 6.05. The summed E-state index contributed by atoms with van der Waals surface area (Å²) >= 11 is 0. The molecule has 0 radical (unpaired) electrons. The second-order valence-corrected chi connectivity index (χ2v) is 3.93. The predicted molar refractivity (Wildman–Crippen MR) is 74.5 cm³/mol. The van der Waals surface area contributed by atoms with E-state index in [0.717, 1.165) is 0 Å². The molecule has 0 unspecified atom stereocenters. The number of carbonyl (C=O) groups excluding carboxylic acids is 1. The van der Waals surface area contributed by atoms with Crippen molar-refractivity contribution in [3.8, 4) is 11.9 Å². The van der Waals surface area contributed by atoms with Crippen molar-refractivity contribution in [1.29, 1.82) is 5.26 Å². The maximum absolute atomic E-state index is 12.2. The number of pyridine rings is 1. The first kappa shape index (κ1) is 13.6. The van der Waals surface area contributed by atoms with Crippen LogP contribution in [-0.2, 0) is 0 Å². The third kappa shape index (κ3) is 3.12. The Morgan fingerprint density at radius 3 is 2.75 bits per heavy atom. The number of hydrogen-bond donors (Lipinski definition) is 1. The Morgan fingerprint density at radius 1 is 1.35 bits per heavy atom. The topological polar surface area (TPSA) is 75.0 Å². The summed E-state index contributed by atoms with van der Waals surface area (Å²) in [6, 6.07) is 12.0. The van der Waals surface area contributed by atoms with Gasteiger partial charge in [-0.3, -0.25) is 4.79 Å². The Morgan fingerprint density at radius 2 is 2.10 bits per heavy atom. The standard InChI is InChI=1S/C15H13N3O2/c1-2-20-15-13(4-3-9-17-15)14(19)18-12-7-5-11(10-16)6-8-12/h3-9H,2H2,1H3,(H,18,19). The zero-order chi connectivity index (χ0) is 14.4. The first-order chi connectivity index (χ1) is 9.74. The molecular formula is C15H13N3O2. The van der Waals surface area contributed by atoms with E-state index in [1.807, 2.05) is 13.0 Å². The Hall–Kier alpha value is -2.87. The molecule has 100 valence electrons. The summed E-state index contributed by atoms with van der Waals surface area (Å²) < 4.78 is 5.32. The number of aromatic nitrogens is 1. The van der Waals surface area contributed by atoms with Crippen LogP contribution >= 0.6 is 0 Å². The fourth-order valence-corrected chi connectivity index (χ4v) is 1.64. The van der Waals surface area contributed by atoms with Crippen molar-refractivity contribution in [2.75, 3.05) is 11.9 Å². The number of nitrogens with one attached hydrogen (secondary N) is 1. The smallest absolute Gasteiger partial charge is 0.261 e. The molecule has 2 rings (SSSR count). The molecule has 0 fully saturated rings. The van der Waals surface area contributed by atoms with E-state index in [-0.39, 0.29) is 5.91 Å². The molecule has 1 amide bonds. The molecular weight excluding hydrogens is 254 g/mol. The second-order valence-electron chi connectivity index (χ2n) is 3.93. The molecule has 20 heavy (non-hydrogen) atoms. The molecule has 0 saturated carbocycles. The molecule has 1 aromatic carbocycles. The largest absolute Gasteiger partial charge is 0.477 e. The number of carbonyl (C=O) groups is 1. The molecule has 0 saturated heterocycles. The van der Waals surface area contributed by atoms with Crippen molar-refractivity contribution in [1.82, 2.24) is 4.98 Å². The Kier molecular flexibility index (Phi) is 4.30. The number of nitrogens with zero attached hydrogens (tertiary/aromatic N) is 2. The summed E-state index contributed by atoms with van der Waals surface area (Å²) in [5, 5.41) is 11.5. The van der Waals surface area contributed by atoms with E-state index in [2.05, 4.69) is 10.3 Å². The molecule has 0 spiro atoms. The van der Waals surface area contributed by atoms with Gasteiger partial charge in [0.2, 0.25) is 5.88 Å². The molecule has 0 atom stereocenters. The summed E-state index contributed by atoms with van der Waals surface area (Å²) in [5.41, 5.74) is 1.53. The normalized spacial score (nSPS) is 9.60. The van der Waals surface area contributed by atoms with Crippen LogP contribution in [0.4, 0.5) is 5.69 Å². The van der Waals surface area contributed by atoms with Gasteiger partial charge in [-0.2, -0.15) is 5.26 Å². The number of amides is 1. The zero-order valence-electron chi connectivity index (χ0n) is 11.0. The van der Waals surface area contributed by atoms with Crippen LogP contribution in [0.25, 0.3) is 0 Å². The number of rotatable bonds is 4. The van der Waals surface area contributed by atoms with Crippen molar-refractivity contribution >= 4 is 11.6 Å². The Bertz CT molecular complexity index is 645. The fourth-order valence-electron chi connectivity index (χ4n) is 1.64. The number of hydrogen-bond acceptors (Lipinski definition) is 4. The van der Waals surface area contributed by atoms with Crippen LogP contribution in [0.15, 0.2) is 42.6 Å². The minimum absolute atomic E-state index is 0.300. The van der Waals surface area contributed by atoms with Gasteiger partial charge >= 0.3 is 0 Å². The van der Waals surface area contributed by atoms with E-state index >= 15 is 0 Å². The highest BCUT2D eigenvalue weighted by Crippen LogP contribution is 2.17. The summed E-state index contributed by atoms with van der Waals surface area (Å²) in [6.45, 7) is 2.27. The maximum Gasteiger partial charge on any atom is 0.261 e. The van der Waals surface area contributed by atoms with Crippen LogP contribution in [0.3, 0.4) is 0 Å². The highest BCUT2D eigenvalue weighted by atomic mass is 16.5. The number of ether oxygens (including phenoxy) is 1. The van der Waals surface area contributed by atoms with E-state index in [4.69, 9.17) is 10.00 Å². The van der Waals surface area contributed by atoms with E-state index < -0.39 is 0 Å². The van der Waals surface area contributed by atoms with E-state index in [1.165, 1.54) is 0 Å². The minimum Gasteiger partial charge on any atom is -0.477 e. The van der Waals surface area contributed by atoms with Gasteiger partial charge in [-0.15, -0.1) is 0 Å². The van der Waals surface area contributed by atoms with Crippen molar-refractivity contribution in [3.05, 3.63) is 53.7 Å². The molecule has 1 heterocycles. The lowest BCUT2D eigenvalue weighted by atomic mass is 10.2. The molecule has 1 N–H and O–H groups in total. The van der Waals surface area contributed by atoms with Crippen LogP contribution in [0.2, 0.25) is 0 Å². The Balaban J connectivity index is 2.17.